The number of para-hydroxylation sites is 1. The van der Waals surface area contributed by atoms with E-state index in [9.17, 15) is 4.79 Å². The molecule has 2 heterocycles. The minimum atomic E-state index is -0.235. The molecule has 0 unspecified atom stereocenters. The number of aromatic nitrogens is 1. The summed E-state index contributed by atoms with van der Waals surface area (Å²) in [6.45, 7) is 1.15. The van der Waals surface area contributed by atoms with Crippen LogP contribution in [0.2, 0.25) is 0 Å². The number of rotatable bonds is 6. The standard InChI is InChI=1S/C26H24N2O2/c29-26-23(15-16-30-26)27-17-21(18-9-3-1-4-10-18)24-20-13-7-8-14-22(20)28-25(24)19-11-5-2-6-12-19/h1-14,21,23,27-28H,15-17H2/t21-,23-/m1/s1. The Kier molecular flexibility index (Phi) is 5.08. The van der Waals surface area contributed by atoms with Gasteiger partial charge in [0, 0.05) is 29.8 Å². The third kappa shape index (κ3) is 3.51. The van der Waals surface area contributed by atoms with Crippen LogP contribution in [0.1, 0.15) is 23.5 Å². The molecular weight excluding hydrogens is 372 g/mol. The molecule has 0 aliphatic carbocycles. The fraction of sp³-hybridized carbons (Fsp3) is 0.192. The van der Waals surface area contributed by atoms with Crippen molar-refractivity contribution in [1.29, 1.82) is 0 Å². The van der Waals surface area contributed by atoms with Crippen molar-refractivity contribution in [2.24, 2.45) is 0 Å². The van der Waals surface area contributed by atoms with E-state index < -0.39 is 0 Å². The lowest BCUT2D eigenvalue weighted by Gasteiger charge is -2.21. The van der Waals surface area contributed by atoms with Gasteiger partial charge in [0.15, 0.2) is 0 Å². The molecule has 0 amide bonds. The Bertz CT molecular complexity index is 1150. The summed E-state index contributed by atoms with van der Waals surface area (Å²) in [5.41, 5.74) is 5.87. The Balaban J connectivity index is 1.64. The molecule has 5 rings (SSSR count). The Morgan fingerprint density at radius 2 is 1.63 bits per heavy atom. The first-order valence-electron chi connectivity index (χ1n) is 10.4. The first-order chi connectivity index (χ1) is 14.8. The second-order valence-electron chi connectivity index (χ2n) is 7.71. The minimum Gasteiger partial charge on any atom is -0.464 e. The highest BCUT2D eigenvalue weighted by atomic mass is 16.5. The van der Waals surface area contributed by atoms with Gasteiger partial charge in [0.25, 0.3) is 0 Å². The van der Waals surface area contributed by atoms with Crippen LogP contribution in [0.4, 0.5) is 0 Å². The smallest absolute Gasteiger partial charge is 0.323 e. The van der Waals surface area contributed by atoms with E-state index in [1.807, 2.05) is 12.1 Å². The Morgan fingerprint density at radius 3 is 2.37 bits per heavy atom. The molecule has 3 aromatic carbocycles. The second kappa shape index (κ2) is 8.17. The van der Waals surface area contributed by atoms with Gasteiger partial charge in [0.1, 0.15) is 6.04 Å². The van der Waals surface area contributed by atoms with E-state index >= 15 is 0 Å². The van der Waals surface area contributed by atoms with Gasteiger partial charge in [-0.2, -0.15) is 0 Å². The average molecular weight is 396 g/mol. The van der Waals surface area contributed by atoms with Crippen LogP contribution >= 0.6 is 0 Å². The van der Waals surface area contributed by atoms with Crippen LogP contribution in [0.5, 0.6) is 0 Å². The lowest BCUT2D eigenvalue weighted by molar-refractivity contribution is -0.139. The van der Waals surface area contributed by atoms with Crippen molar-refractivity contribution in [3.05, 3.63) is 96.1 Å². The molecule has 0 saturated carbocycles. The van der Waals surface area contributed by atoms with E-state index in [2.05, 4.69) is 83.1 Å². The largest absolute Gasteiger partial charge is 0.464 e. The number of esters is 1. The van der Waals surface area contributed by atoms with E-state index in [1.54, 1.807) is 0 Å². The molecular formula is C26H24N2O2. The number of hydrogen-bond donors (Lipinski definition) is 2. The SMILES string of the molecule is O=C1OCC[C@H]1NC[C@H](c1ccccc1)c1c(-c2ccccc2)[nH]c2ccccc12. The summed E-state index contributed by atoms with van der Waals surface area (Å²) in [6, 6.07) is 29.1. The molecule has 4 aromatic rings. The van der Waals surface area contributed by atoms with Crippen LogP contribution in [-0.4, -0.2) is 30.1 Å². The molecule has 1 saturated heterocycles. The normalized spacial score (nSPS) is 17.2. The molecule has 1 aliphatic heterocycles. The van der Waals surface area contributed by atoms with Gasteiger partial charge >= 0.3 is 5.97 Å². The van der Waals surface area contributed by atoms with Crippen LogP contribution in [0.25, 0.3) is 22.2 Å². The average Bonchev–Trinajstić information content (AvgIpc) is 3.39. The summed E-state index contributed by atoms with van der Waals surface area (Å²) in [5, 5.41) is 4.68. The third-order valence-electron chi connectivity index (χ3n) is 5.86. The summed E-state index contributed by atoms with van der Waals surface area (Å²) in [6.07, 6.45) is 0.722. The number of fused-ring (bicyclic) bond motifs is 1. The third-order valence-corrected chi connectivity index (χ3v) is 5.86. The summed E-state index contributed by atoms with van der Waals surface area (Å²) in [5.74, 6) is -0.0602. The maximum absolute atomic E-state index is 12.0. The van der Waals surface area contributed by atoms with Crippen molar-refractivity contribution in [2.75, 3.05) is 13.2 Å². The van der Waals surface area contributed by atoms with Crippen LogP contribution in [0.3, 0.4) is 0 Å². The maximum Gasteiger partial charge on any atom is 0.323 e. The van der Waals surface area contributed by atoms with Crippen LogP contribution < -0.4 is 5.32 Å². The predicted molar refractivity (Wildman–Crippen MR) is 119 cm³/mol. The molecule has 2 atom stereocenters. The number of ether oxygens (including phenoxy) is 1. The molecule has 2 N–H and O–H groups in total. The lowest BCUT2D eigenvalue weighted by Crippen LogP contribution is -2.36. The molecule has 1 aliphatic rings. The molecule has 1 fully saturated rings. The van der Waals surface area contributed by atoms with Gasteiger partial charge in [-0.1, -0.05) is 78.9 Å². The van der Waals surface area contributed by atoms with Crippen LogP contribution in [0.15, 0.2) is 84.9 Å². The Hall–Kier alpha value is -3.37. The van der Waals surface area contributed by atoms with Gasteiger partial charge in [-0.15, -0.1) is 0 Å². The maximum atomic E-state index is 12.0. The number of H-pyrrole nitrogens is 1. The summed E-state index contributed by atoms with van der Waals surface area (Å²) in [7, 11) is 0. The minimum absolute atomic E-state index is 0.0888. The van der Waals surface area contributed by atoms with E-state index in [0.717, 1.165) is 23.2 Å². The van der Waals surface area contributed by atoms with Crippen molar-refractivity contribution in [3.8, 4) is 11.3 Å². The fourth-order valence-electron chi connectivity index (χ4n) is 4.37. The van der Waals surface area contributed by atoms with Gasteiger partial charge in [-0.25, -0.2) is 0 Å². The predicted octanol–water partition coefficient (Wildman–Crippen LogP) is 4.87. The van der Waals surface area contributed by atoms with Crippen molar-refractivity contribution < 1.29 is 9.53 Å². The number of carbonyl (C=O) groups excluding carboxylic acids is 1. The highest BCUT2D eigenvalue weighted by molar-refractivity contribution is 5.92. The van der Waals surface area contributed by atoms with Gasteiger partial charge < -0.3 is 15.0 Å². The second-order valence-corrected chi connectivity index (χ2v) is 7.71. The Labute approximate surface area is 175 Å². The summed E-state index contributed by atoms with van der Waals surface area (Å²) in [4.78, 5) is 15.7. The molecule has 1 aromatic heterocycles. The van der Waals surface area contributed by atoms with E-state index in [-0.39, 0.29) is 17.9 Å². The van der Waals surface area contributed by atoms with Gasteiger partial charge in [0.2, 0.25) is 0 Å². The van der Waals surface area contributed by atoms with Crippen molar-refractivity contribution in [3.63, 3.8) is 0 Å². The van der Waals surface area contributed by atoms with Crippen molar-refractivity contribution >= 4 is 16.9 Å². The zero-order valence-corrected chi connectivity index (χ0v) is 16.7. The molecule has 0 spiro atoms. The molecule has 4 heteroatoms. The van der Waals surface area contributed by atoms with E-state index in [1.165, 1.54) is 16.5 Å². The highest BCUT2D eigenvalue weighted by Gasteiger charge is 2.29. The zero-order valence-electron chi connectivity index (χ0n) is 16.7. The highest BCUT2D eigenvalue weighted by Crippen LogP contribution is 2.38. The number of aromatic amines is 1. The number of hydrogen-bond acceptors (Lipinski definition) is 3. The molecule has 0 bridgehead atoms. The quantitative estimate of drug-likeness (QED) is 0.457. The van der Waals surface area contributed by atoms with Crippen LogP contribution in [0, 0.1) is 0 Å². The fourth-order valence-corrected chi connectivity index (χ4v) is 4.37. The summed E-state index contributed by atoms with van der Waals surface area (Å²) < 4.78 is 5.15. The van der Waals surface area contributed by atoms with Crippen molar-refractivity contribution in [1.82, 2.24) is 10.3 Å². The number of carbonyl (C=O) groups is 1. The zero-order chi connectivity index (χ0) is 20.3. The van der Waals surface area contributed by atoms with Gasteiger partial charge in [-0.3, -0.25) is 4.79 Å². The van der Waals surface area contributed by atoms with E-state index in [4.69, 9.17) is 4.74 Å². The van der Waals surface area contributed by atoms with Crippen molar-refractivity contribution in [2.45, 2.75) is 18.4 Å². The molecule has 150 valence electrons. The first kappa shape index (κ1) is 18.6. The molecule has 4 nitrogen and oxygen atoms in total. The first-order valence-corrected chi connectivity index (χ1v) is 10.4. The number of nitrogens with one attached hydrogen (secondary N) is 2. The van der Waals surface area contributed by atoms with Gasteiger partial charge in [-0.05, 0) is 22.8 Å². The molecule has 0 radical (unpaired) electrons. The van der Waals surface area contributed by atoms with E-state index in [0.29, 0.717) is 13.2 Å². The molecule has 30 heavy (non-hydrogen) atoms. The summed E-state index contributed by atoms with van der Waals surface area (Å²) >= 11 is 0. The monoisotopic (exact) mass is 396 g/mol. The topological polar surface area (TPSA) is 54.1 Å². The Morgan fingerprint density at radius 1 is 0.933 bits per heavy atom. The number of benzene rings is 3. The lowest BCUT2D eigenvalue weighted by atomic mass is 9.87. The number of cyclic esters (lactones) is 1. The van der Waals surface area contributed by atoms with Crippen LogP contribution in [-0.2, 0) is 9.53 Å². The van der Waals surface area contributed by atoms with Gasteiger partial charge in [0.05, 0.1) is 12.3 Å².